The highest BCUT2D eigenvalue weighted by Crippen LogP contribution is 2.44. The third-order valence-electron chi connectivity index (χ3n) is 6.84. The Morgan fingerprint density at radius 1 is 0.939 bits per heavy atom. The number of benzene rings is 2. The van der Waals surface area contributed by atoms with Crippen molar-refractivity contribution in [3.8, 4) is 5.75 Å². The Kier molecular flexibility index (Phi) is 7.19. The quantitative estimate of drug-likeness (QED) is 0.469. The van der Waals surface area contributed by atoms with Crippen molar-refractivity contribution in [2.75, 3.05) is 56.2 Å². The Labute approximate surface area is 206 Å². The molecular weight excluding hydrogens is 450 g/mol. The van der Waals surface area contributed by atoms with Gasteiger partial charge in [-0.1, -0.05) is 35.9 Å². The van der Waals surface area contributed by atoms with Gasteiger partial charge in [0.05, 0.1) is 24.1 Å². The van der Waals surface area contributed by atoms with Crippen LogP contribution in [0.2, 0.25) is 5.02 Å². The summed E-state index contributed by atoms with van der Waals surface area (Å²) in [4.78, 5) is 9.01. The molecule has 0 aromatic heterocycles. The van der Waals surface area contributed by atoms with E-state index in [4.69, 9.17) is 16.3 Å². The van der Waals surface area contributed by atoms with Crippen LogP contribution in [0.4, 0.5) is 11.4 Å². The lowest BCUT2D eigenvalue weighted by Crippen LogP contribution is -2.47. The zero-order valence-electron chi connectivity index (χ0n) is 19.2. The van der Waals surface area contributed by atoms with Crippen LogP contribution in [-0.2, 0) is 0 Å². The first kappa shape index (κ1) is 22.7. The molecule has 0 N–H and O–H groups in total. The molecule has 4 nitrogen and oxygen atoms in total. The maximum atomic E-state index is 6.37. The molecule has 2 atom stereocenters. The second-order valence-corrected chi connectivity index (χ2v) is 10.5. The Morgan fingerprint density at radius 2 is 1.70 bits per heavy atom. The molecule has 0 radical (unpaired) electrons. The summed E-state index contributed by atoms with van der Waals surface area (Å²) in [6.45, 7) is 6.67. The van der Waals surface area contributed by atoms with Gasteiger partial charge in [-0.3, -0.25) is 4.90 Å². The van der Waals surface area contributed by atoms with E-state index >= 15 is 0 Å². The molecule has 0 amide bonds. The highest BCUT2D eigenvalue weighted by Gasteiger charge is 2.32. The van der Waals surface area contributed by atoms with Gasteiger partial charge in [0.15, 0.2) is 0 Å². The van der Waals surface area contributed by atoms with Crippen molar-refractivity contribution < 1.29 is 4.74 Å². The third-order valence-corrected chi connectivity index (χ3v) is 8.39. The summed E-state index contributed by atoms with van der Waals surface area (Å²) in [5, 5.41) is 1.30. The van der Waals surface area contributed by atoms with Gasteiger partial charge in [-0.25, -0.2) is 0 Å². The number of nitrogens with zero attached hydrogens (tertiary/aromatic N) is 3. The lowest BCUT2D eigenvalue weighted by molar-refractivity contribution is 0.253. The minimum Gasteiger partial charge on any atom is -0.497 e. The van der Waals surface area contributed by atoms with E-state index in [9.17, 15) is 0 Å². The van der Waals surface area contributed by atoms with Crippen LogP contribution in [0.1, 0.15) is 12.8 Å². The normalized spacial score (nSPS) is 22.2. The molecule has 5 rings (SSSR count). The number of unbranched alkanes of at least 4 members (excludes halogenated alkanes) is 1. The Balaban J connectivity index is 1.12. The molecular formula is C27H32ClN3OS. The second kappa shape index (κ2) is 10.5. The summed E-state index contributed by atoms with van der Waals surface area (Å²) in [6, 6.07) is 15.2. The average Bonchev–Trinajstić information content (AvgIpc) is 2.86. The van der Waals surface area contributed by atoms with Crippen LogP contribution in [0.15, 0.2) is 71.7 Å². The number of ether oxygens (including phenoxy) is 1. The first-order valence-electron chi connectivity index (χ1n) is 11.9. The van der Waals surface area contributed by atoms with E-state index in [-0.39, 0.29) is 0 Å². The van der Waals surface area contributed by atoms with Gasteiger partial charge in [0, 0.05) is 48.3 Å². The maximum absolute atomic E-state index is 6.37. The van der Waals surface area contributed by atoms with Crippen LogP contribution in [0.5, 0.6) is 5.75 Å². The van der Waals surface area contributed by atoms with E-state index in [0.29, 0.717) is 11.3 Å². The zero-order chi connectivity index (χ0) is 22.6. The topological polar surface area (TPSA) is 19.0 Å². The molecule has 0 saturated carbocycles. The number of methoxy groups -OCH3 is 1. The van der Waals surface area contributed by atoms with Gasteiger partial charge in [-0.05, 0) is 61.9 Å². The van der Waals surface area contributed by atoms with E-state index in [1.807, 2.05) is 30.0 Å². The van der Waals surface area contributed by atoms with Gasteiger partial charge in [0.25, 0.3) is 0 Å². The third kappa shape index (κ3) is 5.21. The molecule has 3 aliphatic rings. The second-order valence-electron chi connectivity index (χ2n) is 8.88. The summed E-state index contributed by atoms with van der Waals surface area (Å²) < 4.78 is 5.28. The number of rotatable bonds is 7. The molecule has 2 aromatic carbocycles. The first-order valence-corrected chi connectivity index (χ1v) is 13.2. The molecule has 1 aliphatic carbocycles. The molecule has 33 heavy (non-hydrogen) atoms. The van der Waals surface area contributed by atoms with Crippen LogP contribution in [-0.4, -0.2) is 62.6 Å². The van der Waals surface area contributed by atoms with Crippen LogP contribution in [0, 0.1) is 0 Å². The number of halogens is 1. The zero-order valence-corrected chi connectivity index (χ0v) is 20.8. The fourth-order valence-corrected chi connectivity index (χ4v) is 6.45. The van der Waals surface area contributed by atoms with Crippen LogP contribution in [0.3, 0.4) is 0 Å². The Morgan fingerprint density at radius 3 is 2.48 bits per heavy atom. The number of hydrogen-bond donors (Lipinski definition) is 0. The largest absolute Gasteiger partial charge is 0.497 e. The molecule has 2 heterocycles. The molecule has 174 valence electrons. The molecule has 0 bridgehead atoms. The number of piperazine rings is 1. The fourth-order valence-electron chi connectivity index (χ4n) is 5.00. The SMILES string of the molecule is COc1ccc(N2CCN(CCCCN3c4cc(Cl)ccc4SC4C=CC=CC43)CC2)cc1. The van der Waals surface area contributed by atoms with Crippen molar-refractivity contribution in [2.24, 2.45) is 0 Å². The summed E-state index contributed by atoms with van der Waals surface area (Å²) in [5.41, 5.74) is 2.58. The summed E-state index contributed by atoms with van der Waals surface area (Å²) in [7, 11) is 1.72. The van der Waals surface area contributed by atoms with Gasteiger partial charge in [0.1, 0.15) is 5.75 Å². The predicted octanol–water partition coefficient (Wildman–Crippen LogP) is 5.73. The van der Waals surface area contributed by atoms with Crippen molar-refractivity contribution in [2.45, 2.75) is 29.0 Å². The summed E-state index contributed by atoms with van der Waals surface area (Å²) >= 11 is 8.32. The summed E-state index contributed by atoms with van der Waals surface area (Å²) in [5.74, 6) is 0.917. The van der Waals surface area contributed by atoms with Gasteiger partial charge in [0.2, 0.25) is 0 Å². The van der Waals surface area contributed by atoms with E-state index in [2.05, 4.69) is 63.3 Å². The van der Waals surface area contributed by atoms with Crippen LogP contribution >= 0.6 is 23.4 Å². The lowest BCUT2D eigenvalue weighted by atomic mass is 10.0. The number of fused-ring (bicyclic) bond motifs is 2. The van der Waals surface area contributed by atoms with Crippen molar-refractivity contribution >= 4 is 34.7 Å². The molecule has 1 saturated heterocycles. The molecule has 0 spiro atoms. The Bertz CT molecular complexity index is 1000. The first-order chi connectivity index (χ1) is 16.2. The molecule has 2 aliphatic heterocycles. The Hall–Kier alpha value is -2.08. The fraction of sp³-hybridized carbons (Fsp3) is 0.407. The standard InChI is InChI=1S/C27H32ClN3OS/c1-32-23-11-9-22(10-12-23)30-18-16-29(17-19-30)14-4-5-15-31-24-6-2-3-7-26(24)33-27-13-8-21(28)20-25(27)31/h2-3,6-13,20,24,26H,4-5,14-19H2,1H3. The number of hydrogen-bond acceptors (Lipinski definition) is 5. The monoisotopic (exact) mass is 481 g/mol. The van der Waals surface area contributed by atoms with E-state index in [0.717, 1.165) is 43.5 Å². The number of thioether (sulfide) groups is 1. The van der Waals surface area contributed by atoms with Gasteiger partial charge < -0.3 is 14.5 Å². The van der Waals surface area contributed by atoms with Crippen molar-refractivity contribution in [1.29, 1.82) is 0 Å². The minimum atomic E-state index is 0.416. The molecule has 1 fully saturated rings. The average molecular weight is 482 g/mol. The van der Waals surface area contributed by atoms with Crippen molar-refractivity contribution in [3.05, 3.63) is 71.8 Å². The maximum Gasteiger partial charge on any atom is 0.119 e. The van der Waals surface area contributed by atoms with Crippen molar-refractivity contribution in [1.82, 2.24) is 4.90 Å². The van der Waals surface area contributed by atoms with Gasteiger partial charge in [-0.15, -0.1) is 11.8 Å². The molecule has 6 heteroatoms. The predicted molar refractivity (Wildman–Crippen MR) is 141 cm³/mol. The highest BCUT2D eigenvalue weighted by atomic mass is 35.5. The van der Waals surface area contributed by atoms with E-state index < -0.39 is 0 Å². The summed E-state index contributed by atoms with van der Waals surface area (Å²) in [6.07, 6.45) is 11.5. The van der Waals surface area contributed by atoms with Crippen molar-refractivity contribution in [3.63, 3.8) is 0 Å². The van der Waals surface area contributed by atoms with Gasteiger partial charge >= 0.3 is 0 Å². The highest BCUT2D eigenvalue weighted by molar-refractivity contribution is 8.00. The van der Waals surface area contributed by atoms with Gasteiger partial charge in [-0.2, -0.15) is 0 Å². The van der Waals surface area contributed by atoms with E-state index in [1.165, 1.54) is 35.7 Å². The molecule has 2 aromatic rings. The molecule has 2 unspecified atom stereocenters. The lowest BCUT2D eigenvalue weighted by Gasteiger charge is -2.42. The van der Waals surface area contributed by atoms with E-state index in [1.54, 1.807) is 7.11 Å². The van der Waals surface area contributed by atoms with Crippen LogP contribution in [0.25, 0.3) is 0 Å². The number of anilines is 2. The number of allylic oxidation sites excluding steroid dienone is 2. The minimum absolute atomic E-state index is 0.416. The van der Waals surface area contributed by atoms with Crippen LogP contribution < -0.4 is 14.5 Å². The smallest absolute Gasteiger partial charge is 0.119 e.